The Morgan fingerprint density at radius 3 is 2.50 bits per heavy atom. The van der Waals surface area contributed by atoms with Crippen LogP contribution in [0.4, 0.5) is 0 Å². The summed E-state index contributed by atoms with van der Waals surface area (Å²) < 4.78 is 4.81. The van der Waals surface area contributed by atoms with Gasteiger partial charge in [-0.05, 0) is 26.2 Å². The first-order valence-electron chi connectivity index (χ1n) is 4.09. The van der Waals surface area contributed by atoms with E-state index in [1.54, 1.807) is 6.92 Å². The zero-order chi connectivity index (χ0) is 9.40. The lowest BCUT2D eigenvalue weighted by Gasteiger charge is -2.02. The topological polar surface area (TPSA) is 46.2 Å². The Morgan fingerprint density at radius 1 is 1.33 bits per heavy atom. The third-order valence-corrected chi connectivity index (χ3v) is 1.37. The minimum Gasteiger partial charge on any atom is -0.462 e. The summed E-state index contributed by atoms with van der Waals surface area (Å²) in [5.74, 6) is -0.350. The standard InChI is InChI=1S/C9H15O3/c1-8(2)9(11)12-7-5-3-4-6-10/h1,3-7H2,2H3. The van der Waals surface area contributed by atoms with Crippen molar-refractivity contribution in [3.05, 3.63) is 12.2 Å². The highest BCUT2D eigenvalue weighted by atomic mass is 16.5. The summed E-state index contributed by atoms with van der Waals surface area (Å²) in [5.41, 5.74) is 0.416. The first-order valence-corrected chi connectivity index (χ1v) is 4.09. The van der Waals surface area contributed by atoms with E-state index in [0.717, 1.165) is 12.8 Å². The van der Waals surface area contributed by atoms with Crippen molar-refractivity contribution in [3.63, 3.8) is 0 Å². The van der Waals surface area contributed by atoms with Crippen molar-refractivity contribution in [3.8, 4) is 0 Å². The van der Waals surface area contributed by atoms with E-state index in [4.69, 9.17) is 4.74 Å². The van der Waals surface area contributed by atoms with Crippen molar-refractivity contribution in [1.82, 2.24) is 0 Å². The molecule has 0 spiro atoms. The van der Waals surface area contributed by atoms with E-state index in [-0.39, 0.29) is 12.6 Å². The quantitative estimate of drug-likeness (QED) is 0.347. The van der Waals surface area contributed by atoms with Crippen LogP contribution in [-0.4, -0.2) is 19.2 Å². The van der Waals surface area contributed by atoms with Crippen LogP contribution in [0.3, 0.4) is 0 Å². The Kier molecular flexibility index (Phi) is 6.38. The second-order valence-electron chi connectivity index (χ2n) is 2.68. The van der Waals surface area contributed by atoms with Crippen LogP contribution < -0.4 is 0 Å². The van der Waals surface area contributed by atoms with Crippen molar-refractivity contribution >= 4 is 5.97 Å². The monoisotopic (exact) mass is 171 g/mol. The number of esters is 1. The van der Waals surface area contributed by atoms with Crippen molar-refractivity contribution in [2.24, 2.45) is 0 Å². The number of hydrogen-bond acceptors (Lipinski definition) is 2. The molecule has 0 atom stereocenters. The molecule has 0 aliphatic carbocycles. The van der Waals surface area contributed by atoms with Gasteiger partial charge in [0.1, 0.15) is 0 Å². The van der Waals surface area contributed by atoms with Crippen LogP contribution in [-0.2, 0) is 14.6 Å². The van der Waals surface area contributed by atoms with Crippen LogP contribution in [0, 0.1) is 0 Å². The summed E-state index contributed by atoms with van der Waals surface area (Å²) in [4.78, 5) is 10.8. The second kappa shape index (κ2) is 6.85. The molecular formula is C9H15O3. The fourth-order valence-electron chi connectivity index (χ4n) is 0.669. The van der Waals surface area contributed by atoms with E-state index >= 15 is 0 Å². The molecule has 0 unspecified atom stereocenters. The summed E-state index contributed by atoms with van der Waals surface area (Å²) >= 11 is 0. The van der Waals surface area contributed by atoms with E-state index in [1.165, 1.54) is 0 Å². The zero-order valence-corrected chi connectivity index (χ0v) is 7.47. The van der Waals surface area contributed by atoms with Gasteiger partial charge in [0, 0.05) is 5.57 Å². The highest BCUT2D eigenvalue weighted by Gasteiger charge is 2.01. The molecule has 0 saturated carbocycles. The van der Waals surface area contributed by atoms with Crippen LogP contribution in [0.25, 0.3) is 0 Å². The minimum atomic E-state index is -0.350. The Labute approximate surface area is 73.0 Å². The van der Waals surface area contributed by atoms with Gasteiger partial charge in [0.25, 0.3) is 0 Å². The maximum Gasteiger partial charge on any atom is 0.333 e. The van der Waals surface area contributed by atoms with Gasteiger partial charge in [-0.1, -0.05) is 6.58 Å². The van der Waals surface area contributed by atoms with Crippen molar-refractivity contribution < 1.29 is 14.6 Å². The first-order chi connectivity index (χ1) is 5.68. The SMILES string of the molecule is C=C(C)C(=O)OCCCCC[O]. The molecule has 0 bridgehead atoms. The molecule has 3 nitrogen and oxygen atoms in total. The average Bonchev–Trinajstić information content (AvgIpc) is 2.03. The van der Waals surface area contributed by atoms with Gasteiger partial charge in [-0.15, -0.1) is 0 Å². The summed E-state index contributed by atoms with van der Waals surface area (Å²) in [6.45, 7) is 5.40. The molecule has 0 heterocycles. The number of hydrogen-bond donors (Lipinski definition) is 0. The minimum absolute atomic E-state index is 0.0472. The zero-order valence-electron chi connectivity index (χ0n) is 7.47. The summed E-state index contributed by atoms with van der Waals surface area (Å²) in [6.07, 6.45) is 2.25. The number of ether oxygens (including phenoxy) is 1. The largest absolute Gasteiger partial charge is 0.462 e. The van der Waals surface area contributed by atoms with Crippen LogP contribution in [0.15, 0.2) is 12.2 Å². The van der Waals surface area contributed by atoms with Crippen LogP contribution in [0.5, 0.6) is 0 Å². The van der Waals surface area contributed by atoms with E-state index in [0.29, 0.717) is 18.6 Å². The molecule has 69 valence electrons. The smallest absolute Gasteiger partial charge is 0.333 e. The highest BCUT2D eigenvalue weighted by molar-refractivity contribution is 5.86. The summed E-state index contributed by atoms with van der Waals surface area (Å²) in [5, 5.41) is 10.0. The predicted octanol–water partition coefficient (Wildman–Crippen LogP) is 1.71. The van der Waals surface area contributed by atoms with Crippen LogP contribution in [0.2, 0.25) is 0 Å². The average molecular weight is 171 g/mol. The molecule has 3 heteroatoms. The fourth-order valence-corrected chi connectivity index (χ4v) is 0.669. The van der Waals surface area contributed by atoms with Gasteiger partial charge in [0.05, 0.1) is 13.2 Å². The molecule has 0 aromatic heterocycles. The number of carbonyl (C=O) groups is 1. The summed E-state index contributed by atoms with van der Waals surface area (Å²) in [7, 11) is 0. The molecule has 0 amide bonds. The third-order valence-electron chi connectivity index (χ3n) is 1.37. The molecular weight excluding hydrogens is 156 g/mol. The predicted molar refractivity (Wildman–Crippen MR) is 45.2 cm³/mol. The number of unbranched alkanes of at least 4 members (excludes halogenated alkanes) is 2. The van der Waals surface area contributed by atoms with E-state index in [9.17, 15) is 9.90 Å². The van der Waals surface area contributed by atoms with Crippen molar-refractivity contribution in [2.75, 3.05) is 13.2 Å². The maximum absolute atomic E-state index is 10.8. The highest BCUT2D eigenvalue weighted by Crippen LogP contribution is 1.97. The molecule has 0 rings (SSSR count). The molecule has 0 aliphatic rings. The Bertz CT molecular complexity index is 152. The summed E-state index contributed by atoms with van der Waals surface area (Å²) in [6, 6.07) is 0. The van der Waals surface area contributed by atoms with Crippen molar-refractivity contribution in [1.29, 1.82) is 0 Å². The lowest BCUT2D eigenvalue weighted by molar-refractivity contribution is -0.139. The van der Waals surface area contributed by atoms with Gasteiger partial charge in [0.15, 0.2) is 0 Å². The first kappa shape index (κ1) is 11.2. The molecule has 0 aromatic carbocycles. The van der Waals surface area contributed by atoms with Gasteiger partial charge < -0.3 is 4.74 Å². The lowest BCUT2D eigenvalue weighted by Crippen LogP contribution is -2.06. The molecule has 0 saturated heterocycles. The Morgan fingerprint density at radius 2 is 2.00 bits per heavy atom. The molecule has 0 fully saturated rings. The fraction of sp³-hybridized carbons (Fsp3) is 0.667. The van der Waals surface area contributed by atoms with Gasteiger partial charge in [-0.3, -0.25) is 0 Å². The third kappa shape index (κ3) is 5.92. The van der Waals surface area contributed by atoms with Crippen LogP contribution >= 0.6 is 0 Å². The van der Waals surface area contributed by atoms with Crippen LogP contribution in [0.1, 0.15) is 26.2 Å². The second-order valence-corrected chi connectivity index (χ2v) is 2.68. The normalized spacial score (nSPS) is 9.50. The molecule has 0 aliphatic heterocycles. The number of carbonyl (C=O) groups excluding carboxylic acids is 1. The van der Waals surface area contributed by atoms with Gasteiger partial charge >= 0.3 is 5.97 Å². The Balaban J connectivity index is 3.20. The number of rotatable bonds is 6. The molecule has 0 N–H and O–H groups in total. The Hall–Kier alpha value is -0.830. The molecule has 0 aromatic rings. The van der Waals surface area contributed by atoms with Crippen molar-refractivity contribution in [2.45, 2.75) is 26.2 Å². The maximum atomic E-state index is 10.8. The lowest BCUT2D eigenvalue weighted by atomic mass is 10.2. The molecule has 1 radical (unpaired) electrons. The van der Waals surface area contributed by atoms with E-state index < -0.39 is 0 Å². The van der Waals surface area contributed by atoms with Gasteiger partial charge in [0.2, 0.25) is 0 Å². The van der Waals surface area contributed by atoms with Gasteiger partial charge in [-0.25, -0.2) is 9.90 Å². The van der Waals surface area contributed by atoms with E-state index in [2.05, 4.69) is 6.58 Å². The molecule has 12 heavy (non-hydrogen) atoms. The van der Waals surface area contributed by atoms with Gasteiger partial charge in [-0.2, -0.15) is 0 Å². The van der Waals surface area contributed by atoms with E-state index in [1.807, 2.05) is 0 Å².